The summed E-state index contributed by atoms with van der Waals surface area (Å²) in [7, 11) is 0. The Hall–Kier alpha value is -0.360. The van der Waals surface area contributed by atoms with Crippen LogP contribution in [0.5, 0.6) is 0 Å². The van der Waals surface area contributed by atoms with Gasteiger partial charge >= 0.3 is 0 Å². The summed E-state index contributed by atoms with van der Waals surface area (Å²) < 4.78 is 3.20. The van der Waals surface area contributed by atoms with E-state index in [1.165, 1.54) is 17.3 Å². The molecule has 0 spiro atoms. The number of nitrogens with zero attached hydrogens (tertiary/aromatic N) is 3. The van der Waals surface area contributed by atoms with Crippen molar-refractivity contribution in [3.05, 3.63) is 45.4 Å². The molecule has 1 aromatic heterocycles. The van der Waals surface area contributed by atoms with Crippen LogP contribution in [0.2, 0.25) is 0 Å². The van der Waals surface area contributed by atoms with Gasteiger partial charge in [-0.3, -0.25) is 0 Å². The molecular weight excluding hydrogens is 393 g/mol. The number of benzene rings is 1. The third-order valence-electron chi connectivity index (χ3n) is 1.97. The highest BCUT2D eigenvalue weighted by atomic mass is 79.9. The minimum Gasteiger partial charge on any atom is -0.223 e. The van der Waals surface area contributed by atoms with Gasteiger partial charge in [-0.15, -0.1) is 0 Å². The third-order valence-corrected chi connectivity index (χ3v) is 3.96. The number of halogens is 4. The van der Waals surface area contributed by atoms with E-state index < -0.39 is 0 Å². The Kier molecular flexibility index (Phi) is 4.25. The van der Waals surface area contributed by atoms with Crippen molar-refractivity contribution in [2.45, 2.75) is 0 Å². The van der Waals surface area contributed by atoms with Crippen molar-refractivity contribution in [2.24, 2.45) is 0 Å². The van der Waals surface area contributed by atoms with Gasteiger partial charge in [0.2, 0.25) is 0 Å². The van der Waals surface area contributed by atoms with Gasteiger partial charge < -0.3 is 0 Å². The monoisotopic (exact) mass is 395 g/mol. The lowest BCUT2D eigenvalue weighted by molar-refractivity contribution is 0.925. The van der Waals surface area contributed by atoms with Crippen molar-refractivity contribution in [3.63, 3.8) is 0 Å². The maximum atomic E-state index is 6.22. The van der Waals surface area contributed by atoms with Gasteiger partial charge in [0, 0.05) is 14.5 Å². The Bertz CT molecular complexity index is 567. The van der Waals surface area contributed by atoms with Gasteiger partial charge in [-0.25, -0.2) is 9.67 Å². The molecule has 7 heteroatoms. The molecular formula is C10H5Br2Cl2N3. The molecule has 2 rings (SSSR count). The van der Waals surface area contributed by atoms with Gasteiger partial charge in [-0.05, 0) is 12.1 Å². The molecule has 17 heavy (non-hydrogen) atoms. The molecule has 2 aromatic rings. The van der Waals surface area contributed by atoms with Crippen LogP contribution in [0.1, 0.15) is 5.56 Å². The molecule has 3 nitrogen and oxygen atoms in total. The first-order chi connectivity index (χ1) is 8.09. The number of hydrogen-bond donors (Lipinski definition) is 0. The zero-order valence-corrected chi connectivity index (χ0v) is 12.9. The number of rotatable bonds is 2. The molecule has 0 aliphatic carbocycles. The summed E-state index contributed by atoms with van der Waals surface area (Å²) >= 11 is 19.1. The van der Waals surface area contributed by atoms with Gasteiger partial charge in [0.25, 0.3) is 0 Å². The standard InChI is InChI=1S/C10H5Br2Cl2N3/c11-6-1-2-7(8(12)3-6)9(13)10(14)17-5-15-4-16-17/h1-5H/b10-9-. The molecule has 0 bridgehead atoms. The fraction of sp³-hybridized carbons (Fsp3) is 0. The maximum Gasteiger partial charge on any atom is 0.151 e. The first-order valence-electron chi connectivity index (χ1n) is 4.45. The predicted molar refractivity (Wildman–Crippen MR) is 76.7 cm³/mol. The highest BCUT2D eigenvalue weighted by Gasteiger charge is 2.11. The van der Waals surface area contributed by atoms with E-state index in [1.807, 2.05) is 18.2 Å². The molecule has 0 radical (unpaired) electrons. The molecule has 0 saturated heterocycles. The zero-order chi connectivity index (χ0) is 12.4. The third kappa shape index (κ3) is 2.91. The van der Waals surface area contributed by atoms with Crippen LogP contribution in [0, 0.1) is 0 Å². The molecule has 0 aliphatic rings. The Morgan fingerprint density at radius 3 is 2.59 bits per heavy atom. The minimum absolute atomic E-state index is 0.298. The number of aromatic nitrogens is 3. The Labute approximate surface area is 125 Å². The molecule has 0 aliphatic heterocycles. The summed E-state index contributed by atoms with van der Waals surface area (Å²) in [5, 5.41) is 4.61. The molecule has 0 fully saturated rings. The van der Waals surface area contributed by atoms with Gasteiger partial charge in [-0.1, -0.05) is 61.1 Å². The van der Waals surface area contributed by atoms with Crippen LogP contribution in [0.15, 0.2) is 39.8 Å². The van der Waals surface area contributed by atoms with Crippen molar-refractivity contribution in [1.82, 2.24) is 14.8 Å². The average molecular weight is 398 g/mol. The van der Waals surface area contributed by atoms with Crippen LogP contribution in [0.4, 0.5) is 0 Å². The van der Waals surface area contributed by atoms with Crippen LogP contribution in [0.25, 0.3) is 10.2 Å². The largest absolute Gasteiger partial charge is 0.223 e. The van der Waals surface area contributed by atoms with Gasteiger partial charge in [0.15, 0.2) is 5.16 Å². The Balaban J connectivity index is 2.49. The summed E-state index contributed by atoms with van der Waals surface area (Å²) in [6, 6.07) is 5.63. The van der Waals surface area contributed by atoms with Crippen molar-refractivity contribution in [1.29, 1.82) is 0 Å². The lowest BCUT2D eigenvalue weighted by Gasteiger charge is -2.06. The van der Waals surface area contributed by atoms with Crippen LogP contribution < -0.4 is 0 Å². The maximum absolute atomic E-state index is 6.22. The van der Waals surface area contributed by atoms with Crippen molar-refractivity contribution in [3.8, 4) is 0 Å². The van der Waals surface area contributed by atoms with Crippen LogP contribution in [0.3, 0.4) is 0 Å². The number of hydrogen-bond acceptors (Lipinski definition) is 2. The second-order valence-electron chi connectivity index (χ2n) is 3.07. The van der Waals surface area contributed by atoms with E-state index in [1.54, 1.807) is 0 Å². The topological polar surface area (TPSA) is 30.7 Å². The first kappa shape index (κ1) is 13.1. The van der Waals surface area contributed by atoms with Gasteiger partial charge in [-0.2, -0.15) is 5.10 Å². The van der Waals surface area contributed by atoms with E-state index in [0.29, 0.717) is 10.2 Å². The van der Waals surface area contributed by atoms with E-state index in [-0.39, 0.29) is 0 Å². The molecule has 0 amide bonds. The normalized spacial score (nSPS) is 12.5. The van der Waals surface area contributed by atoms with Crippen molar-refractivity contribution >= 4 is 65.3 Å². The van der Waals surface area contributed by atoms with Crippen molar-refractivity contribution < 1.29 is 0 Å². The molecule has 0 unspecified atom stereocenters. The fourth-order valence-corrected chi connectivity index (χ4v) is 2.99. The highest BCUT2D eigenvalue weighted by Crippen LogP contribution is 2.34. The Morgan fingerprint density at radius 2 is 2.00 bits per heavy atom. The molecule has 0 N–H and O–H groups in total. The van der Waals surface area contributed by atoms with E-state index in [2.05, 4.69) is 41.9 Å². The molecule has 1 heterocycles. The Morgan fingerprint density at radius 1 is 1.24 bits per heavy atom. The summed E-state index contributed by atoms with van der Waals surface area (Å²) in [6.07, 6.45) is 2.88. The first-order valence-corrected chi connectivity index (χ1v) is 6.79. The van der Waals surface area contributed by atoms with Crippen molar-refractivity contribution in [2.75, 3.05) is 0 Å². The quantitative estimate of drug-likeness (QED) is 0.743. The highest BCUT2D eigenvalue weighted by molar-refractivity contribution is 9.11. The van der Waals surface area contributed by atoms with Gasteiger partial charge in [0.05, 0.1) is 5.03 Å². The van der Waals surface area contributed by atoms with Gasteiger partial charge in [0.1, 0.15) is 12.7 Å². The second kappa shape index (κ2) is 5.52. The summed E-state index contributed by atoms with van der Waals surface area (Å²) in [5.74, 6) is 0. The predicted octanol–water partition coefficient (Wildman–Crippen LogP) is 4.56. The zero-order valence-electron chi connectivity index (χ0n) is 8.24. The summed E-state index contributed by atoms with van der Waals surface area (Å²) in [6.45, 7) is 0. The van der Waals surface area contributed by atoms with E-state index >= 15 is 0 Å². The smallest absolute Gasteiger partial charge is 0.151 e. The van der Waals surface area contributed by atoms with E-state index in [4.69, 9.17) is 23.2 Å². The summed E-state index contributed by atoms with van der Waals surface area (Å²) in [4.78, 5) is 3.81. The van der Waals surface area contributed by atoms with Crippen LogP contribution in [-0.2, 0) is 0 Å². The van der Waals surface area contributed by atoms with E-state index in [9.17, 15) is 0 Å². The minimum atomic E-state index is 0.298. The summed E-state index contributed by atoms with van der Waals surface area (Å²) in [5.41, 5.74) is 0.787. The fourth-order valence-electron chi connectivity index (χ4n) is 1.19. The lowest BCUT2D eigenvalue weighted by Crippen LogP contribution is -1.94. The van der Waals surface area contributed by atoms with E-state index in [0.717, 1.165) is 14.5 Å². The molecule has 1 aromatic carbocycles. The SMILES string of the molecule is Cl/C(=C(/Cl)n1cncn1)c1ccc(Br)cc1Br. The molecule has 88 valence electrons. The van der Waals surface area contributed by atoms with Crippen LogP contribution in [-0.4, -0.2) is 14.8 Å². The lowest BCUT2D eigenvalue weighted by atomic mass is 10.2. The molecule has 0 saturated carbocycles. The molecule has 0 atom stereocenters. The average Bonchev–Trinajstić information content (AvgIpc) is 2.80. The van der Waals surface area contributed by atoms with Crippen LogP contribution >= 0.6 is 55.1 Å². The second-order valence-corrected chi connectivity index (χ2v) is 5.58.